The van der Waals surface area contributed by atoms with Gasteiger partial charge in [0.1, 0.15) is 10.9 Å². The summed E-state index contributed by atoms with van der Waals surface area (Å²) in [5.74, 6) is -0.287. The molecule has 19 heavy (non-hydrogen) atoms. The third-order valence-electron chi connectivity index (χ3n) is 2.58. The lowest BCUT2D eigenvalue weighted by Gasteiger charge is -2.06. The van der Waals surface area contributed by atoms with Crippen LogP contribution in [0.25, 0.3) is 11.3 Å². The number of hydrogen-bond acceptors (Lipinski definition) is 4. The van der Waals surface area contributed by atoms with E-state index in [-0.39, 0.29) is 10.9 Å². The maximum atomic E-state index is 11.4. The summed E-state index contributed by atoms with van der Waals surface area (Å²) in [6.07, 6.45) is 0. The van der Waals surface area contributed by atoms with Crippen molar-refractivity contribution in [3.8, 4) is 11.3 Å². The lowest BCUT2D eigenvalue weighted by atomic mass is 10.1. The minimum absolute atomic E-state index is 0.168. The minimum atomic E-state index is -3.60. The number of benzene rings is 1. The first kappa shape index (κ1) is 14.0. The molecular formula is C13H12ClNO3S. The van der Waals surface area contributed by atoms with E-state index in [4.69, 9.17) is 11.6 Å². The van der Waals surface area contributed by atoms with Crippen LogP contribution in [0.5, 0.6) is 0 Å². The number of aromatic nitrogens is 1. The normalized spacial score (nSPS) is 11.5. The SMILES string of the molecule is COS(=O)(=O)Cc1ccc(-c2ccccc2)nc1Cl. The molecule has 0 aliphatic carbocycles. The third kappa shape index (κ3) is 3.53. The molecule has 0 N–H and O–H groups in total. The molecule has 100 valence electrons. The molecule has 0 aliphatic rings. The molecule has 0 saturated heterocycles. The van der Waals surface area contributed by atoms with Crippen molar-refractivity contribution >= 4 is 21.7 Å². The molecule has 0 amide bonds. The Labute approximate surface area is 117 Å². The Bertz CT molecular complexity index is 672. The summed E-state index contributed by atoms with van der Waals surface area (Å²) >= 11 is 6.01. The molecule has 0 saturated carbocycles. The number of halogens is 1. The van der Waals surface area contributed by atoms with Gasteiger partial charge >= 0.3 is 0 Å². The molecule has 1 heterocycles. The van der Waals surface area contributed by atoms with E-state index in [0.717, 1.165) is 12.7 Å². The highest BCUT2D eigenvalue weighted by molar-refractivity contribution is 7.85. The molecule has 0 atom stereocenters. The van der Waals surface area contributed by atoms with Gasteiger partial charge in [-0.05, 0) is 6.07 Å². The highest BCUT2D eigenvalue weighted by Gasteiger charge is 2.14. The van der Waals surface area contributed by atoms with Crippen molar-refractivity contribution in [1.29, 1.82) is 0 Å². The average molecular weight is 298 g/mol. The second kappa shape index (κ2) is 5.69. The summed E-state index contributed by atoms with van der Waals surface area (Å²) in [4.78, 5) is 4.21. The number of nitrogens with zero attached hydrogens (tertiary/aromatic N) is 1. The second-order valence-electron chi connectivity index (χ2n) is 3.88. The van der Waals surface area contributed by atoms with Gasteiger partial charge in [0.05, 0.1) is 12.8 Å². The smallest absolute Gasteiger partial charge is 0.271 e. The molecule has 6 heteroatoms. The van der Waals surface area contributed by atoms with Crippen molar-refractivity contribution in [3.63, 3.8) is 0 Å². The molecule has 0 spiro atoms. The van der Waals surface area contributed by atoms with Crippen LogP contribution in [0.3, 0.4) is 0 Å². The molecule has 4 nitrogen and oxygen atoms in total. The summed E-state index contributed by atoms with van der Waals surface area (Å²) in [5.41, 5.74) is 2.04. The number of hydrogen-bond donors (Lipinski definition) is 0. The largest absolute Gasteiger partial charge is 0.273 e. The molecular weight excluding hydrogens is 286 g/mol. The molecule has 0 fully saturated rings. The Hall–Kier alpha value is -1.43. The van der Waals surface area contributed by atoms with Gasteiger partial charge in [0.2, 0.25) is 0 Å². The van der Waals surface area contributed by atoms with Gasteiger partial charge in [0.25, 0.3) is 10.1 Å². The van der Waals surface area contributed by atoms with Gasteiger partial charge in [0, 0.05) is 11.1 Å². The van der Waals surface area contributed by atoms with Gasteiger partial charge in [-0.3, -0.25) is 4.18 Å². The second-order valence-corrected chi connectivity index (χ2v) is 5.98. The van der Waals surface area contributed by atoms with Crippen molar-refractivity contribution in [2.75, 3.05) is 7.11 Å². The van der Waals surface area contributed by atoms with Crippen LogP contribution in [0, 0.1) is 0 Å². The van der Waals surface area contributed by atoms with Crippen LogP contribution in [0.1, 0.15) is 5.56 Å². The lowest BCUT2D eigenvalue weighted by Crippen LogP contribution is -2.06. The Morgan fingerprint density at radius 1 is 1.16 bits per heavy atom. The highest BCUT2D eigenvalue weighted by Crippen LogP contribution is 2.23. The van der Waals surface area contributed by atoms with Crippen molar-refractivity contribution in [3.05, 3.63) is 53.2 Å². The molecule has 0 unspecified atom stereocenters. The van der Waals surface area contributed by atoms with Crippen LogP contribution in [-0.2, 0) is 20.1 Å². The van der Waals surface area contributed by atoms with Gasteiger partial charge in [0.15, 0.2) is 0 Å². The van der Waals surface area contributed by atoms with E-state index in [1.165, 1.54) is 0 Å². The summed E-state index contributed by atoms with van der Waals surface area (Å²) in [6, 6.07) is 12.9. The fraction of sp³-hybridized carbons (Fsp3) is 0.154. The average Bonchev–Trinajstić information content (AvgIpc) is 2.42. The van der Waals surface area contributed by atoms with Crippen LogP contribution >= 0.6 is 11.6 Å². The standard InChI is InChI=1S/C13H12ClNO3S/c1-18-19(16,17)9-11-7-8-12(15-13(11)14)10-5-3-2-4-6-10/h2-8H,9H2,1H3. The summed E-state index contributed by atoms with van der Waals surface area (Å²) < 4.78 is 27.1. The van der Waals surface area contributed by atoms with E-state index >= 15 is 0 Å². The van der Waals surface area contributed by atoms with Crippen molar-refractivity contribution < 1.29 is 12.6 Å². The van der Waals surface area contributed by atoms with E-state index in [0.29, 0.717) is 11.3 Å². The van der Waals surface area contributed by atoms with Crippen LogP contribution in [0.15, 0.2) is 42.5 Å². The van der Waals surface area contributed by atoms with Crippen molar-refractivity contribution in [1.82, 2.24) is 4.98 Å². The molecule has 2 rings (SSSR count). The fourth-order valence-corrected chi connectivity index (χ4v) is 2.62. The highest BCUT2D eigenvalue weighted by atomic mass is 35.5. The Morgan fingerprint density at radius 2 is 1.84 bits per heavy atom. The van der Waals surface area contributed by atoms with Gasteiger partial charge < -0.3 is 0 Å². The minimum Gasteiger partial charge on any atom is -0.273 e. The van der Waals surface area contributed by atoms with Gasteiger partial charge in [-0.1, -0.05) is 48.0 Å². The monoisotopic (exact) mass is 297 g/mol. The number of pyridine rings is 1. The summed E-state index contributed by atoms with van der Waals surface area (Å²) in [7, 11) is -2.48. The first-order valence-corrected chi connectivity index (χ1v) is 7.46. The zero-order chi connectivity index (χ0) is 13.9. The fourth-order valence-electron chi connectivity index (χ4n) is 1.59. The third-order valence-corrected chi connectivity index (χ3v) is 4.08. The molecule has 1 aromatic carbocycles. The quantitative estimate of drug-likeness (QED) is 0.643. The van der Waals surface area contributed by atoms with Crippen LogP contribution in [0.2, 0.25) is 5.15 Å². The van der Waals surface area contributed by atoms with Gasteiger partial charge in [-0.15, -0.1) is 0 Å². The first-order valence-electron chi connectivity index (χ1n) is 5.51. The van der Waals surface area contributed by atoms with Crippen LogP contribution in [-0.4, -0.2) is 20.5 Å². The first-order chi connectivity index (χ1) is 9.02. The predicted molar refractivity (Wildman–Crippen MR) is 74.3 cm³/mol. The van der Waals surface area contributed by atoms with Crippen molar-refractivity contribution in [2.24, 2.45) is 0 Å². The topological polar surface area (TPSA) is 56.3 Å². The van der Waals surface area contributed by atoms with Crippen LogP contribution in [0.4, 0.5) is 0 Å². The van der Waals surface area contributed by atoms with E-state index in [9.17, 15) is 8.42 Å². The van der Waals surface area contributed by atoms with Gasteiger partial charge in [-0.25, -0.2) is 4.98 Å². The van der Waals surface area contributed by atoms with E-state index in [1.807, 2.05) is 30.3 Å². The maximum absolute atomic E-state index is 11.4. The zero-order valence-corrected chi connectivity index (χ0v) is 11.8. The Morgan fingerprint density at radius 3 is 2.42 bits per heavy atom. The van der Waals surface area contributed by atoms with E-state index < -0.39 is 10.1 Å². The predicted octanol–water partition coefficient (Wildman–Crippen LogP) is 2.88. The Balaban J connectivity index is 2.33. The number of rotatable bonds is 4. The molecule has 1 aromatic heterocycles. The van der Waals surface area contributed by atoms with Crippen molar-refractivity contribution in [2.45, 2.75) is 5.75 Å². The lowest BCUT2D eigenvalue weighted by molar-refractivity contribution is 0.397. The van der Waals surface area contributed by atoms with Crippen LogP contribution < -0.4 is 0 Å². The zero-order valence-electron chi connectivity index (χ0n) is 10.2. The molecule has 0 radical (unpaired) electrons. The van der Waals surface area contributed by atoms with Gasteiger partial charge in [-0.2, -0.15) is 8.42 Å². The molecule has 0 aliphatic heterocycles. The Kier molecular flexibility index (Phi) is 4.19. The van der Waals surface area contributed by atoms with E-state index in [1.54, 1.807) is 12.1 Å². The molecule has 2 aromatic rings. The molecule has 0 bridgehead atoms. The summed E-state index contributed by atoms with van der Waals surface area (Å²) in [5, 5.41) is 0.168. The summed E-state index contributed by atoms with van der Waals surface area (Å²) in [6.45, 7) is 0. The maximum Gasteiger partial charge on any atom is 0.271 e. The van der Waals surface area contributed by atoms with E-state index in [2.05, 4.69) is 9.17 Å².